The van der Waals surface area contributed by atoms with Crippen LogP contribution in [0.25, 0.3) is 0 Å². The van der Waals surface area contributed by atoms with Crippen LogP contribution >= 0.6 is 23.2 Å². The van der Waals surface area contributed by atoms with E-state index in [0.717, 1.165) is 0 Å². The molecule has 25 heavy (non-hydrogen) atoms. The van der Waals surface area contributed by atoms with Gasteiger partial charge in [0.2, 0.25) is 6.79 Å². The van der Waals surface area contributed by atoms with E-state index < -0.39 is 11.8 Å². The first-order valence-electron chi connectivity index (χ1n) is 7.03. The van der Waals surface area contributed by atoms with Gasteiger partial charge < -0.3 is 14.2 Å². The molecule has 1 heterocycles. The van der Waals surface area contributed by atoms with E-state index in [1.165, 1.54) is 25.3 Å². The minimum atomic E-state index is -0.584. The molecule has 0 bridgehead atoms. The normalized spacial score (nSPS) is 11.8. The van der Waals surface area contributed by atoms with E-state index in [-0.39, 0.29) is 22.9 Å². The minimum absolute atomic E-state index is 0.0332. The number of carbonyl (C=O) groups excluding carboxylic acids is 2. The fraction of sp³-hybridized carbons (Fsp3) is 0.125. The Morgan fingerprint density at radius 3 is 2.60 bits per heavy atom. The van der Waals surface area contributed by atoms with Gasteiger partial charge in [0.25, 0.3) is 11.8 Å². The van der Waals surface area contributed by atoms with E-state index in [9.17, 15) is 9.59 Å². The molecular formula is C16H12Cl2N2O5. The third kappa shape index (κ3) is 3.57. The van der Waals surface area contributed by atoms with Gasteiger partial charge in [0, 0.05) is 10.6 Å². The molecule has 2 aromatic carbocycles. The van der Waals surface area contributed by atoms with E-state index in [1.54, 1.807) is 12.1 Å². The summed E-state index contributed by atoms with van der Waals surface area (Å²) in [5.41, 5.74) is 4.97. The lowest BCUT2D eigenvalue weighted by atomic mass is 10.2. The van der Waals surface area contributed by atoms with Gasteiger partial charge in [0.05, 0.1) is 17.7 Å². The van der Waals surface area contributed by atoms with Crippen LogP contribution in [0.2, 0.25) is 10.0 Å². The molecule has 9 heteroatoms. The van der Waals surface area contributed by atoms with Crippen LogP contribution in [-0.2, 0) is 0 Å². The first kappa shape index (κ1) is 17.2. The maximum absolute atomic E-state index is 12.2. The molecule has 0 fully saturated rings. The van der Waals surface area contributed by atoms with Gasteiger partial charge in [-0.15, -0.1) is 0 Å². The van der Waals surface area contributed by atoms with Crippen molar-refractivity contribution in [1.29, 1.82) is 0 Å². The van der Waals surface area contributed by atoms with Crippen LogP contribution in [0.3, 0.4) is 0 Å². The van der Waals surface area contributed by atoms with Gasteiger partial charge in [-0.1, -0.05) is 23.2 Å². The SMILES string of the molecule is COc1ccc(Cl)cc1C(=O)NNC(=O)c1cc(Cl)c2c(c1)OCO2. The Bertz CT molecular complexity index is 857. The molecular weight excluding hydrogens is 371 g/mol. The molecule has 2 amide bonds. The van der Waals surface area contributed by atoms with Crippen LogP contribution in [0.4, 0.5) is 0 Å². The molecule has 0 aromatic heterocycles. The molecule has 0 saturated heterocycles. The molecule has 0 radical (unpaired) electrons. The monoisotopic (exact) mass is 382 g/mol. The number of halogens is 2. The number of carbonyl (C=O) groups is 2. The number of rotatable bonds is 3. The first-order valence-corrected chi connectivity index (χ1v) is 7.78. The fourth-order valence-corrected chi connectivity index (χ4v) is 2.65. The van der Waals surface area contributed by atoms with Crippen LogP contribution < -0.4 is 25.1 Å². The second kappa shape index (κ2) is 7.08. The second-order valence-electron chi connectivity index (χ2n) is 4.94. The van der Waals surface area contributed by atoms with Crippen molar-refractivity contribution >= 4 is 35.0 Å². The highest BCUT2D eigenvalue weighted by molar-refractivity contribution is 6.32. The Hall–Kier alpha value is -2.64. The Morgan fingerprint density at radius 2 is 1.84 bits per heavy atom. The number of hydrogen-bond donors (Lipinski definition) is 2. The maximum Gasteiger partial charge on any atom is 0.273 e. The summed E-state index contributed by atoms with van der Waals surface area (Å²) in [4.78, 5) is 24.4. The van der Waals surface area contributed by atoms with Crippen molar-refractivity contribution in [3.63, 3.8) is 0 Å². The summed E-state index contributed by atoms with van der Waals surface area (Å²) in [6, 6.07) is 7.45. The summed E-state index contributed by atoms with van der Waals surface area (Å²) >= 11 is 11.9. The topological polar surface area (TPSA) is 85.9 Å². The van der Waals surface area contributed by atoms with E-state index in [2.05, 4.69) is 10.9 Å². The quantitative estimate of drug-likeness (QED) is 0.797. The zero-order chi connectivity index (χ0) is 18.0. The molecule has 0 saturated carbocycles. The second-order valence-corrected chi connectivity index (χ2v) is 5.79. The average Bonchev–Trinajstić information content (AvgIpc) is 3.08. The van der Waals surface area contributed by atoms with Crippen molar-refractivity contribution in [2.45, 2.75) is 0 Å². The van der Waals surface area contributed by atoms with Crippen molar-refractivity contribution in [1.82, 2.24) is 10.9 Å². The Labute approximate surface area is 152 Å². The molecule has 2 aromatic rings. The van der Waals surface area contributed by atoms with E-state index in [0.29, 0.717) is 22.3 Å². The highest BCUT2D eigenvalue weighted by Gasteiger charge is 2.21. The molecule has 2 N–H and O–H groups in total. The number of benzene rings is 2. The fourth-order valence-electron chi connectivity index (χ4n) is 2.21. The van der Waals surface area contributed by atoms with Crippen molar-refractivity contribution in [3.8, 4) is 17.2 Å². The van der Waals surface area contributed by atoms with Gasteiger partial charge in [0.1, 0.15) is 5.75 Å². The molecule has 0 aliphatic carbocycles. The number of amides is 2. The van der Waals surface area contributed by atoms with Gasteiger partial charge in [0.15, 0.2) is 11.5 Å². The smallest absolute Gasteiger partial charge is 0.273 e. The Balaban J connectivity index is 1.72. The molecule has 0 atom stereocenters. The summed E-state index contributed by atoms with van der Waals surface area (Å²) in [5, 5.41) is 0.600. The minimum Gasteiger partial charge on any atom is -0.496 e. The Morgan fingerprint density at radius 1 is 1.08 bits per heavy atom. The van der Waals surface area contributed by atoms with Crippen LogP contribution in [0.15, 0.2) is 30.3 Å². The molecule has 0 spiro atoms. The van der Waals surface area contributed by atoms with Gasteiger partial charge >= 0.3 is 0 Å². The number of fused-ring (bicyclic) bond motifs is 1. The molecule has 130 valence electrons. The summed E-state index contributed by atoms with van der Waals surface area (Å²) in [6.45, 7) is 0.0332. The van der Waals surface area contributed by atoms with E-state index >= 15 is 0 Å². The Kier molecular flexibility index (Phi) is 4.87. The first-order chi connectivity index (χ1) is 12.0. The number of hydrazine groups is 1. The van der Waals surface area contributed by atoms with Crippen LogP contribution in [0.5, 0.6) is 17.2 Å². The highest BCUT2D eigenvalue weighted by Crippen LogP contribution is 2.39. The van der Waals surface area contributed by atoms with Gasteiger partial charge in [-0.2, -0.15) is 0 Å². The van der Waals surface area contributed by atoms with Crippen molar-refractivity contribution in [2.75, 3.05) is 13.9 Å². The number of hydrogen-bond acceptors (Lipinski definition) is 5. The standard InChI is InChI=1S/C16H12Cl2N2O5/c1-23-12-3-2-9(17)6-10(12)16(22)20-19-15(21)8-4-11(18)14-13(5-8)24-7-25-14/h2-6H,7H2,1H3,(H,19,21)(H,20,22). The predicted octanol–water partition coefficient (Wildman–Crippen LogP) is 2.81. The van der Waals surface area contributed by atoms with E-state index in [4.69, 9.17) is 37.4 Å². The molecule has 1 aliphatic rings. The number of nitrogens with one attached hydrogen (secondary N) is 2. The zero-order valence-corrected chi connectivity index (χ0v) is 14.4. The van der Waals surface area contributed by atoms with Gasteiger partial charge in [-0.05, 0) is 30.3 Å². The lowest BCUT2D eigenvalue weighted by Crippen LogP contribution is -2.41. The predicted molar refractivity (Wildman–Crippen MR) is 90.5 cm³/mol. The third-order valence-electron chi connectivity index (χ3n) is 3.39. The van der Waals surface area contributed by atoms with Gasteiger partial charge in [-0.25, -0.2) is 0 Å². The average molecular weight is 383 g/mol. The van der Waals surface area contributed by atoms with Crippen molar-refractivity contribution in [3.05, 3.63) is 51.5 Å². The van der Waals surface area contributed by atoms with Crippen LogP contribution in [0, 0.1) is 0 Å². The van der Waals surface area contributed by atoms with E-state index in [1.807, 2.05) is 0 Å². The summed E-state index contributed by atoms with van der Waals surface area (Å²) < 4.78 is 15.5. The number of ether oxygens (including phenoxy) is 3. The lowest BCUT2D eigenvalue weighted by Gasteiger charge is -2.11. The van der Waals surface area contributed by atoms with Gasteiger partial charge in [-0.3, -0.25) is 20.4 Å². The molecule has 1 aliphatic heterocycles. The zero-order valence-electron chi connectivity index (χ0n) is 12.9. The lowest BCUT2D eigenvalue weighted by molar-refractivity contribution is 0.0845. The summed E-state index contributed by atoms with van der Waals surface area (Å²) in [5.74, 6) is -0.0947. The third-order valence-corrected chi connectivity index (χ3v) is 3.90. The highest BCUT2D eigenvalue weighted by atomic mass is 35.5. The molecule has 3 rings (SSSR count). The molecule has 7 nitrogen and oxygen atoms in total. The van der Waals surface area contributed by atoms with Crippen molar-refractivity contribution in [2.24, 2.45) is 0 Å². The summed E-state index contributed by atoms with van der Waals surface area (Å²) in [7, 11) is 1.42. The largest absolute Gasteiger partial charge is 0.496 e. The van der Waals surface area contributed by atoms with Crippen LogP contribution in [0.1, 0.15) is 20.7 Å². The number of methoxy groups -OCH3 is 1. The van der Waals surface area contributed by atoms with Crippen LogP contribution in [-0.4, -0.2) is 25.7 Å². The molecule has 0 unspecified atom stereocenters. The maximum atomic E-state index is 12.2. The summed E-state index contributed by atoms with van der Waals surface area (Å²) in [6.07, 6.45) is 0. The van der Waals surface area contributed by atoms with Crippen molar-refractivity contribution < 1.29 is 23.8 Å².